The van der Waals surface area contributed by atoms with Crippen molar-refractivity contribution in [2.75, 3.05) is 18.0 Å². The topological polar surface area (TPSA) is 72.3 Å². The molecule has 8 heteroatoms. The number of morpholine rings is 1. The van der Waals surface area contributed by atoms with E-state index in [-0.39, 0.29) is 18.1 Å². The predicted octanol–water partition coefficient (Wildman–Crippen LogP) is 4.03. The largest absolute Gasteiger partial charge is 0.372 e. The molecule has 4 rings (SSSR count). The van der Waals surface area contributed by atoms with Gasteiger partial charge in [0, 0.05) is 30.9 Å². The van der Waals surface area contributed by atoms with E-state index in [0.29, 0.717) is 23.6 Å². The third-order valence-electron chi connectivity index (χ3n) is 5.51. The fourth-order valence-electron chi connectivity index (χ4n) is 4.08. The van der Waals surface area contributed by atoms with E-state index in [1.807, 2.05) is 49.5 Å². The van der Waals surface area contributed by atoms with Crippen molar-refractivity contribution in [3.8, 4) is 5.69 Å². The highest BCUT2D eigenvalue weighted by molar-refractivity contribution is 6.30. The molecule has 1 N–H and O–H groups in total. The molecule has 2 unspecified atom stereocenters. The second-order valence-corrected chi connectivity index (χ2v) is 8.56. The Morgan fingerprint density at radius 2 is 1.97 bits per heavy atom. The molecule has 0 saturated carbocycles. The maximum atomic E-state index is 12.9. The number of benzene rings is 1. The Kier molecular flexibility index (Phi) is 6.77. The number of hydrogen-bond donors (Lipinski definition) is 1. The first-order valence-corrected chi connectivity index (χ1v) is 11.3. The first-order valence-electron chi connectivity index (χ1n) is 10.9. The van der Waals surface area contributed by atoms with Gasteiger partial charge in [-0.05, 0) is 50.1 Å². The molecule has 0 spiro atoms. The van der Waals surface area contributed by atoms with Crippen molar-refractivity contribution < 1.29 is 9.53 Å². The number of anilines is 1. The Morgan fingerprint density at radius 3 is 2.62 bits per heavy atom. The molecule has 7 nitrogen and oxygen atoms in total. The summed E-state index contributed by atoms with van der Waals surface area (Å²) in [6.07, 6.45) is 4.45. The van der Waals surface area contributed by atoms with Crippen LogP contribution < -0.4 is 10.2 Å². The highest BCUT2D eigenvalue weighted by atomic mass is 35.5. The van der Waals surface area contributed by atoms with Gasteiger partial charge in [-0.25, -0.2) is 9.67 Å². The summed E-state index contributed by atoms with van der Waals surface area (Å²) in [5.41, 5.74) is 3.18. The van der Waals surface area contributed by atoms with E-state index >= 15 is 0 Å². The van der Waals surface area contributed by atoms with E-state index in [1.165, 1.54) is 0 Å². The van der Waals surface area contributed by atoms with E-state index < -0.39 is 0 Å². The molecule has 1 amide bonds. The van der Waals surface area contributed by atoms with Crippen LogP contribution in [-0.4, -0.2) is 46.0 Å². The van der Waals surface area contributed by atoms with Gasteiger partial charge in [-0.15, -0.1) is 0 Å². The summed E-state index contributed by atoms with van der Waals surface area (Å²) in [6.45, 7) is 8.20. The summed E-state index contributed by atoms with van der Waals surface area (Å²) >= 11 is 6.12. The van der Waals surface area contributed by atoms with Crippen LogP contribution in [0.1, 0.15) is 42.4 Å². The minimum Gasteiger partial charge on any atom is -0.372 e. The number of carbonyl (C=O) groups is 1. The van der Waals surface area contributed by atoms with Crippen LogP contribution in [0, 0.1) is 0 Å². The van der Waals surface area contributed by atoms with Gasteiger partial charge in [0.25, 0.3) is 5.91 Å². The smallest absolute Gasteiger partial charge is 0.255 e. The number of hydrogen-bond acceptors (Lipinski definition) is 5. The van der Waals surface area contributed by atoms with Gasteiger partial charge in [0.1, 0.15) is 5.82 Å². The maximum Gasteiger partial charge on any atom is 0.255 e. The Hall–Kier alpha value is -2.90. The van der Waals surface area contributed by atoms with Crippen LogP contribution in [0.5, 0.6) is 0 Å². The van der Waals surface area contributed by atoms with Crippen molar-refractivity contribution in [3.63, 3.8) is 0 Å². The van der Waals surface area contributed by atoms with Crippen molar-refractivity contribution in [1.29, 1.82) is 0 Å². The van der Waals surface area contributed by atoms with Crippen molar-refractivity contribution in [2.45, 2.75) is 45.9 Å². The minimum absolute atomic E-state index is 0.157. The third-order valence-corrected chi connectivity index (χ3v) is 5.74. The first kappa shape index (κ1) is 22.3. The van der Waals surface area contributed by atoms with Crippen molar-refractivity contribution in [2.24, 2.45) is 0 Å². The summed E-state index contributed by atoms with van der Waals surface area (Å²) in [5.74, 6) is 0.771. The molecule has 1 saturated heterocycles. The second-order valence-electron chi connectivity index (χ2n) is 8.12. The fourth-order valence-corrected chi connectivity index (χ4v) is 4.27. The predicted molar refractivity (Wildman–Crippen MR) is 126 cm³/mol. The van der Waals surface area contributed by atoms with E-state index in [4.69, 9.17) is 16.3 Å². The second kappa shape index (κ2) is 9.71. The third kappa shape index (κ3) is 4.95. The average Bonchev–Trinajstić information content (AvgIpc) is 3.21. The van der Waals surface area contributed by atoms with Gasteiger partial charge in [-0.1, -0.05) is 30.7 Å². The highest BCUT2D eigenvalue weighted by Crippen LogP contribution is 2.20. The molecule has 3 aromatic rings. The van der Waals surface area contributed by atoms with E-state index in [2.05, 4.69) is 34.1 Å². The number of aromatic nitrogens is 3. The normalized spacial score (nSPS) is 18.6. The van der Waals surface area contributed by atoms with Crippen LogP contribution in [-0.2, 0) is 17.7 Å². The molecule has 1 fully saturated rings. The summed E-state index contributed by atoms with van der Waals surface area (Å²) in [6, 6.07) is 11.4. The molecule has 0 radical (unpaired) electrons. The number of nitrogens with one attached hydrogen (secondary N) is 1. The lowest BCUT2D eigenvalue weighted by atomic mass is 10.1. The molecular formula is C24H28ClN5O2. The molecule has 32 heavy (non-hydrogen) atoms. The quantitative estimate of drug-likeness (QED) is 0.610. The standard InChI is InChI=1S/C24H28ClN5O2/c1-4-22-21(13-28-30(22)20-7-5-6-19(25)10-20)24(31)27-12-18-8-9-23(26-11-18)29-14-16(2)32-17(3)15-29/h5-11,13,16-17H,4,12,14-15H2,1-3H3,(H,27,31). The van der Waals surface area contributed by atoms with Crippen molar-refractivity contribution >= 4 is 23.3 Å². The van der Waals surface area contributed by atoms with Crippen LogP contribution >= 0.6 is 11.6 Å². The van der Waals surface area contributed by atoms with Crippen molar-refractivity contribution in [1.82, 2.24) is 20.1 Å². The number of amides is 1. The van der Waals surface area contributed by atoms with Gasteiger partial charge >= 0.3 is 0 Å². The van der Waals surface area contributed by atoms with Crippen LogP contribution in [0.3, 0.4) is 0 Å². The van der Waals surface area contributed by atoms with E-state index in [0.717, 1.165) is 35.9 Å². The fraction of sp³-hybridized carbons (Fsp3) is 0.375. The van der Waals surface area contributed by atoms with Gasteiger partial charge in [-0.2, -0.15) is 5.10 Å². The first-order chi connectivity index (χ1) is 15.4. The van der Waals surface area contributed by atoms with Gasteiger partial charge in [0.15, 0.2) is 0 Å². The number of carbonyl (C=O) groups excluding carboxylic acids is 1. The zero-order valence-electron chi connectivity index (χ0n) is 18.6. The Bertz CT molecular complexity index is 1070. The number of nitrogens with zero attached hydrogens (tertiary/aromatic N) is 4. The number of pyridine rings is 1. The van der Waals surface area contributed by atoms with Crippen LogP contribution in [0.2, 0.25) is 5.02 Å². The van der Waals surface area contributed by atoms with Crippen LogP contribution in [0.15, 0.2) is 48.8 Å². The molecule has 0 bridgehead atoms. The Labute approximate surface area is 193 Å². The molecule has 2 aromatic heterocycles. The Balaban J connectivity index is 1.42. The summed E-state index contributed by atoms with van der Waals surface area (Å²) in [7, 11) is 0. The summed E-state index contributed by atoms with van der Waals surface area (Å²) in [5, 5.41) is 8.03. The molecule has 0 aliphatic carbocycles. The van der Waals surface area contributed by atoms with Gasteiger partial charge < -0.3 is 15.0 Å². The Morgan fingerprint density at radius 1 is 1.19 bits per heavy atom. The van der Waals surface area contributed by atoms with Gasteiger partial charge in [0.05, 0.1) is 35.3 Å². The number of halogens is 1. The number of rotatable bonds is 6. The van der Waals surface area contributed by atoms with Crippen molar-refractivity contribution in [3.05, 3.63) is 70.6 Å². The maximum absolute atomic E-state index is 12.9. The van der Waals surface area contributed by atoms with Gasteiger partial charge in [-0.3, -0.25) is 4.79 Å². The van der Waals surface area contributed by atoms with Crippen LogP contribution in [0.25, 0.3) is 5.69 Å². The molecular weight excluding hydrogens is 426 g/mol. The molecule has 1 aliphatic rings. The minimum atomic E-state index is -0.157. The van der Waals surface area contributed by atoms with E-state index in [9.17, 15) is 4.79 Å². The molecule has 1 aromatic carbocycles. The molecule has 3 heterocycles. The summed E-state index contributed by atoms with van der Waals surface area (Å²) in [4.78, 5) is 19.7. The molecule has 1 aliphatic heterocycles. The zero-order chi connectivity index (χ0) is 22.7. The molecule has 2 atom stereocenters. The van der Waals surface area contributed by atoms with Crippen LogP contribution in [0.4, 0.5) is 5.82 Å². The average molecular weight is 454 g/mol. The summed E-state index contributed by atoms with van der Waals surface area (Å²) < 4.78 is 7.56. The molecule has 168 valence electrons. The lowest BCUT2D eigenvalue weighted by Gasteiger charge is -2.36. The zero-order valence-corrected chi connectivity index (χ0v) is 19.3. The monoisotopic (exact) mass is 453 g/mol. The van der Waals surface area contributed by atoms with E-state index in [1.54, 1.807) is 10.9 Å². The lowest BCUT2D eigenvalue weighted by Crippen LogP contribution is -2.45. The lowest BCUT2D eigenvalue weighted by molar-refractivity contribution is -0.00546. The number of ether oxygens (including phenoxy) is 1. The highest BCUT2D eigenvalue weighted by Gasteiger charge is 2.23. The van der Waals surface area contributed by atoms with Gasteiger partial charge in [0.2, 0.25) is 0 Å². The SMILES string of the molecule is CCc1c(C(=O)NCc2ccc(N3CC(C)OC(C)C3)nc2)cnn1-c1cccc(Cl)c1.